The molecule has 2 aromatic heterocycles. The second kappa shape index (κ2) is 7.18. The lowest BCUT2D eigenvalue weighted by Crippen LogP contribution is -2.09. The summed E-state index contributed by atoms with van der Waals surface area (Å²) >= 11 is 0. The molecule has 0 amide bonds. The van der Waals surface area contributed by atoms with Crippen LogP contribution in [0.3, 0.4) is 0 Å². The van der Waals surface area contributed by atoms with Crippen LogP contribution in [-0.4, -0.2) is 22.6 Å². The summed E-state index contributed by atoms with van der Waals surface area (Å²) in [7, 11) is 1.44. The molecule has 0 saturated heterocycles. The number of aryl methyl sites for hydroxylation is 2. The molecule has 0 aliphatic heterocycles. The number of carbonyl (C=O) groups is 1. The summed E-state index contributed by atoms with van der Waals surface area (Å²) in [6.07, 6.45) is 8.07. The molecular weight excluding hydrogens is 336 g/mol. The molecule has 4 rings (SSSR count). The summed E-state index contributed by atoms with van der Waals surface area (Å²) in [6.45, 7) is 5.32. The van der Waals surface area contributed by atoms with Gasteiger partial charge in [0.1, 0.15) is 0 Å². The van der Waals surface area contributed by atoms with Crippen LogP contribution in [0.15, 0.2) is 36.7 Å². The first-order valence-electron chi connectivity index (χ1n) is 9.82. The predicted molar refractivity (Wildman–Crippen MR) is 107 cm³/mol. The maximum Gasteiger partial charge on any atom is 0.339 e. The van der Waals surface area contributed by atoms with Crippen LogP contribution in [0.2, 0.25) is 0 Å². The summed E-state index contributed by atoms with van der Waals surface area (Å²) in [5.74, 6) is 0.265. The highest BCUT2D eigenvalue weighted by atomic mass is 16.5. The Hall–Kier alpha value is -2.62. The van der Waals surface area contributed by atoms with Gasteiger partial charge in [0.2, 0.25) is 0 Å². The third-order valence-electron chi connectivity index (χ3n) is 5.54. The third kappa shape index (κ3) is 3.36. The molecule has 1 aliphatic rings. The molecule has 0 bridgehead atoms. The fourth-order valence-corrected chi connectivity index (χ4v) is 3.91. The van der Waals surface area contributed by atoms with Gasteiger partial charge >= 0.3 is 5.97 Å². The van der Waals surface area contributed by atoms with E-state index >= 15 is 0 Å². The number of pyridine rings is 1. The van der Waals surface area contributed by atoms with Crippen LogP contribution in [0.1, 0.15) is 65.3 Å². The molecule has 1 aromatic carbocycles. The highest BCUT2D eigenvalue weighted by Crippen LogP contribution is 2.40. The number of carbonyl (C=O) groups excluding carboxylic acids is 1. The highest BCUT2D eigenvalue weighted by Gasteiger charge is 2.26. The minimum absolute atomic E-state index is 0.297. The van der Waals surface area contributed by atoms with Crippen LogP contribution >= 0.6 is 0 Å². The molecular formula is C23H26N2O2. The number of esters is 1. The van der Waals surface area contributed by atoms with Crippen molar-refractivity contribution in [3.63, 3.8) is 0 Å². The first-order valence-corrected chi connectivity index (χ1v) is 9.82. The second-order valence-corrected chi connectivity index (χ2v) is 7.35. The first-order chi connectivity index (χ1) is 13.1. The molecule has 0 N–H and O–H groups in total. The number of hydrogen-bond donors (Lipinski definition) is 0. The van der Waals surface area contributed by atoms with Crippen molar-refractivity contribution >= 4 is 16.9 Å². The molecule has 0 atom stereocenters. The minimum Gasteiger partial charge on any atom is -0.465 e. The molecule has 1 saturated carbocycles. The van der Waals surface area contributed by atoms with Crippen molar-refractivity contribution in [3.05, 3.63) is 64.6 Å². The van der Waals surface area contributed by atoms with Crippen LogP contribution in [-0.2, 0) is 24.1 Å². The maximum atomic E-state index is 12.3. The Balaban J connectivity index is 1.74. The molecule has 0 radical (unpaired) electrons. The average molecular weight is 362 g/mol. The largest absolute Gasteiger partial charge is 0.465 e. The van der Waals surface area contributed by atoms with Gasteiger partial charge < -0.3 is 9.30 Å². The summed E-state index contributed by atoms with van der Waals surface area (Å²) < 4.78 is 7.31. The SMILES string of the molecule is CCc1cc(Cc2ncc(C3CC3)cc2C(=O)OC)cc2ccn(CC)c12. The Morgan fingerprint density at radius 1 is 1.26 bits per heavy atom. The number of methoxy groups -OCH3 is 1. The predicted octanol–water partition coefficient (Wildman–Crippen LogP) is 4.87. The molecule has 0 unspecified atom stereocenters. The lowest BCUT2D eigenvalue weighted by Gasteiger charge is -2.12. The molecule has 2 heterocycles. The van der Waals surface area contributed by atoms with Crippen molar-refractivity contribution in [2.45, 2.75) is 52.0 Å². The lowest BCUT2D eigenvalue weighted by atomic mass is 9.98. The Kier molecular flexibility index (Phi) is 4.73. The number of benzene rings is 1. The molecule has 4 nitrogen and oxygen atoms in total. The zero-order valence-electron chi connectivity index (χ0n) is 16.3. The van der Waals surface area contributed by atoms with Crippen molar-refractivity contribution in [1.29, 1.82) is 0 Å². The van der Waals surface area contributed by atoms with E-state index in [-0.39, 0.29) is 5.97 Å². The quantitative estimate of drug-likeness (QED) is 0.587. The van der Waals surface area contributed by atoms with E-state index in [1.54, 1.807) is 0 Å². The number of aromatic nitrogens is 2. The van der Waals surface area contributed by atoms with Crippen LogP contribution in [0, 0.1) is 0 Å². The van der Waals surface area contributed by atoms with Crippen LogP contribution < -0.4 is 0 Å². The minimum atomic E-state index is -0.297. The smallest absolute Gasteiger partial charge is 0.339 e. The zero-order chi connectivity index (χ0) is 19.0. The zero-order valence-corrected chi connectivity index (χ0v) is 16.3. The van der Waals surface area contributed by atoms with Gasteiger partial charge in [0.05, 0.1) is 23.9 Å². The number of hydrogen-bond acceptors (Lipinski definition) is 3. The van der Waals surface area contributed by atoms with E-state index in [1.807, 2.05) is 12.3 Å². The molecule has 1 aliphatic carbocycles. The van der Waals surface area contributed by atoms with Gasteiger partial charge in [-0.15, -0.1) is 0 Å². The van der Waals surface area contributed by atoms with E-state index in [9.17, 15) is 4.79 Å². The van der Waals surface area contributed by atoms with E-state index in [1.165, 1.54) is 42.0 Å². The summed E-state index contributed by atoms with van der Waals surface area (Å²) in [5.41, 5.74) is 6.39. The molecule has 1 fully saturated rings. The van der Waals surface area contributed by atoms with Crippen molar-refractivity contribution < 1.29 is 9.53 Å². The Morgan fingerprint density at radius 2 is 2.07 bits per heavy atom. The van der Waals surface area contributed by atoms with Crippen LogP contribution in [0.5, 0.6) is 0 Å². The monoisotopic (exact) mass is 362 g/mol. The summed E-state index contributed by atoms with van der Waals surface area (Å²) in [4.78, 5) is 17.0. The van der Waals surface area contributed by atoms with Gasteiger partial charge in [0, 0.05) is 30.7 Å². The maximum absolute atomic E-state index is 12.3. The van der Waals surface area contributed by atoms with Gasteiger partial charge in [0.25, 0.3) is 0 Å². The standard InChI is InChI=1S/C23H26N2O2/c1-4-16-10-15(11-18-8-9-25(5-2)22(16)18)12-21-20(23(26)27-3)13-19(14-24-21)17-6-7-17/h8-11,13-14,17H,4-7,12H2,1-3H3. The topological polar surface area (TPSA) is 44.1 Å². The third-order valence-corrected chi connectivity index (χ3v) is 5.54. The van der Waals surface area contributed by atoms with Gasteiger partial charge in [0.15, 0.2) is 0 Å². The second-order valence-electron chi connectivity index (χ2n) is 7.35. The molecule has 4 heteroatoms. The van der Waals surface area contributed by atoms with E-state index in [2.05, 4.69) is 47.8 Å². The van der Waals surface area contributed by atoms with Crippen molar-refractivity contribution in [1.82, 2.24) is 9.55 Å². The Labute approximate surface area is 160 Å². The van der Waals surface area contributed by atoms with Crippen LogP contribution in [0.25, 0.3) is 10.9 Å². The van der Waals surface area contributed by atoms with Crippen LogP contribution in [0.4, 0.5) is 0 Å². The fraction of sp³-hybridized carbons (Fsp3) is 0.391. The normalized spacial score (nSPS) is 13.9. The fourth-order valence-electron chi connectivity index (χ4n) is 3.91. The average Bonchev–Trinajstić information content (AvgIpc) is 3.46. The van der Waals surface area contributed by atoms with E-state index in [0.717, 1.165) is 24.2 Å². The number of rotatable bonds is 6. The number of ether oxygens (including phenoxy) is 1. The van der Waals surface area contributed by atoms with Gasteiger partial charge in [-0.3, -0.25) is 4.98 Å². The molecule has 3 aromatic rings. The van der Waals surface area contributed by atoms with Crippen molar-refractivity contribution in [2.24, 2.45) is 0 Å². The molecule has 140 valence electrons. The van der Waals surface area contributed by atoms with Gasteiger partial charge in [-0.25, -0.2) is 4.79 Å². The van der Waals surface area contributed by atoms with Gasteiger partial charge in [-0.05, 0) is 67.0 Å². The Morgan fingerprint density at radius 3 is 2.74 bits per heavy atom. The van der Waals surface area contributed by atoms with Gasteiger partial charge in [-0.2, -0.15) is 0 Å². The van der Waals surface area contributed by atoms with E-state index < -0.39 is 0 Å². The van der Waals surface area contributed by atoms with E-state index in [4.69, 9.17) is 4.74 Å². The lowest BCUT2D eigenvalue weighted by molar-refractivity contribution is 0.0599. The van der Waals surface area contributed by atoms with E-state index in [0.29, 0.717) is 17.9 Å². The van der Waals surface area contributed by atoms with Crippen molar-refractivity contribution in [3.8, 4) is 0 Å². The van der Waals surface area contributed by atoms with Crippen molar-refractivity contribution in [2.75, 3.05) is 7.11 Å². The first kappa shape index (κ1) is 17.8. The molecule has 27 heavy (non-hydrogen) atoms. The van der Waals surface area contributed by atoms with Gasteiger partial charge in [-0.1, -0.05) is 13.0 Å². The molecule has 0 spiro atoms. The summed E-state index contributed by atoms with van der Waals surface area (Å²) in [6, 6.07) is 8.63. The highest BCUT2D eigenvalue weighted by molar-refractivity contribution is 5.91. The number of nitrogens with zero attached hydrogens (tertiary/aromatic N) is 2. The Bertz CT molecular complexity index is 999. The number of fused-ring (bicyclic) bond motifs is 1. The summed E-state index contributed by atoms with van der Waals surface area (Å²) in [5, 5.41) is 1.25.